The second-order valence-corrected chi connectivity index (χ2v) is 3.41. The molecule has 1 N–H and O–H groups in total. The molecule has 1 rings (SSSR count). The first-order valence-corrected chi connectivity index (χ1v) is 4.55. The van der Waals surface area contributed by atoms with Gasteiger partial charge in [0.1, 0.15) is 18.5 Å². The number of benzene rings is 1. The van der Waals surface area contributed by atoms with Crippen LogP contribution < -0.4 is 4.74 Å². The Morgan fingerprint density at radius 2 is 2.31 bits per heavy atom. The molecule has 0 aliphatic heterocycles. The molecule has 0 amide bonds. The number of hydrogen-bond donors (Lipinski definition) is 1. The van der Waals surface area contributed by atoms with Crippen LogP contribution in [0, 0.1) is 0 Å². The zero-order valence-corrected chi connectivity index (χ0v) is 8.71. The number of alkyl halides is 1. The Kier molecular flexibility index (Phi) is 3.69. The Labute approximate surface area is 84.5 Å². The topological polar surface area (TPSA) is 29.5 Å². The lowest BCUT2D eigenvalue weighted by Crippen LogP contribution is -2.00. The predicted molar refractivity (Wildman–Crippen MR) is 51.6 cm³/mol. The van der Waals surface area contributed by atoms with Crippen LogP contribution in [0.4, 0.5) is 4.39 Å². The van der Waals surface area contributed by atoms with Crippen molar-refractivity contribution in [3.63, 3.8) is 0 Å². The highest BCUT2D eigenvalue weighted by Gasteiger charge is 2.11. The van der Waals surface area contributed by atoms with Gasteiger partial charge in [-0.1, -0.05) is 15.9 Å². The summed E-state index contributed by atoms with van der Waals surface area (Å²) in [6, 6.07) is 5.06. The summed E-state index contributed by atoms with van der Waals surface area (Å²) in [5.74, 6) is 0.603. The first-order valence-electron chi connectivity index (χ1n) is 3.76. The van der Waals surface area contributed by atoms with Crippen molar-refractivity contribution in [3.05, 3.63) is 28.2 Å². The van der Waals surface area contributed by atoms with E-state index < -0.39 is 12.8 Å². The molecule has 1 atom stereocenters. The van der Waals surface area contributed by atoms with Crippen LogP contribution in [0.1, 0.15) is 11.7 Å². The lowest BCUT2D eigenvalue weighted by atomic mass is 10.1. The lowest BCUT2D eigenvalue weighted by Gasteiger charge is -2.10. The van der Waals surface area contributed by atoms with Gasteiger partial charge in [-0.2, -0.15) is 0 Å². The van der Waals surface area contributed by atoms with E-state index in [0.29, 0.717) is 15.8 Å². The van der Waals surface area contributed by atoms with Crippen LogP contribution >= 0.6 is 15.9 Å². The molecule has 0 aliphatic rings. The SMILES string of the molecule is COc1ccc(Br)c(C(O)CF)c1. The van der Waals surface area contributed by atoms with E-state index in [-0.39, 0.29) is 0 Å². The normalized spacial score (nSPS) is 12.6. The summed E-state index contributed by atoms with van der Waals surface area (Å²) in [4.78, 5) is 0. The molecule has 4 heteroatoms. The van der Waals surface area contributed by atoms with E-state index in [1.54, 1.807) is 18.2 Å². The molecule has 1 unspecified atom stereocenters. The van der Waals surface area contributed by atoms with E-state index in [0.717, 1.165) is 0 Å². The average molecular weight is 249 g/mol. The van der Waals surface area contributed by atoms with Crippen molar-refractivity contribution in [3.8, 4) is 5.75 Å². The minimum atomic E-state index is -1.09. The van der Waals surface area contributed by atoms with Gasteiger partial charge in [-0.3, -0.25) is 0 Å². The number of methoxy groups -OCH3 is 1. The van der Waals surface area contributed by atoms with E-state index >= 15 is 0 Å². The summed E-state index contributed by atoms with van der Waals surface area (Å²) in [5, 5.41) is 9.27. The molecule has 0 fully saturated rings. The largest absolute Gasteiger partial charge is 0.497 e. The molecule has 0 heterocycles. The molecule has 0 saturated heterocycles. The van der Waals surface area contributed by atoms with Gasteiger partial charge < -0.3 is 9.84 Å². The van der Waals surface area contributed by atoms with Gasteiger partial charge in [0.15, 0.2) is 0 Å². The Bertz CT molecular complexity index is 291. The van der Waals surface area contributed by atoms with Crippen LogP contribution in [0.25, 0.3) is 0 Å². The maximum absolute atomic E-state index is 12.2. The van der Waals surface area contributed by atoms with Gasteiger partial charge in [0, 0.05) is 10.0 Å². The third-order valence-corrected chi connectivity index (χ3v) is 2.43. The van der Waals surface area contributed by atoms with Crippen molar-refractivity contribution in [2.75, 3.05) is 13.8 Å². The quantitative estimate of drug-likeness (QED) is 0.891. The minimum Gasteiger partial charge on any atom is -0.497 e. The number of aliphatic hydroxyl groups is 1. The summed E-state index contributed by atoms with van der Waals surface area (Å²) >= 11 is 3.22. The van der Waals surface area contributed by atoms with Crippen molar-refractivity contribution in [1.29, 1.82) is 0 Å². The fourth-order valence-corrected chi connectivity index (χ4v) is 1.50. The van der Waals surface area contributed by atoms with Gasteiger partial charge in [-0.15, -0.1) is 0 Å². The molecule has 0 bridgehead atoms. The Hall–Kier alpha value is -0.610. The maximum Gasteiger partial charge on any atom is 0.120 e. The molecule has 72 valence electrons. The van der Waals surface area contributed by atoms with Crippen molar-refractivity contribution in [2.24, 2.45) is 0 Å². The Balaban J connectivity index is 3.03. The fraction of sp³-hybridized carbons (Fsp3) is 0.333. The molecule has 0 radical (unpaired) electrons. The van der Waals surface area contributed by atoms with Gasteiger partial charge in [-0.25, -0.2) is 4.39 Å². The van der Waals surface area contributed by atoms with Gasteiger partial charge in [0.05, 0.1) is 7.11 Å². The number of hydrogen-bond acceptors (Lipinski definition) is 2. The number of aliphatic hydroxyl groups excluding tert-OH is 1. The van der Waals surface area contributed by atoms with E-state index in [1.165, 1.54) is 7.11 Å². The molecule has 1 aromatic rings. The third-order valence-electron chi connectivity index (χ3n) is 1.71. The highest BCUT2D eigenvalue weighted by molar-refractivity contribution is 9.10. The van der Waals surface area contributed by atoms with Gasteiger partial charge >= 0.3 is 0 Å². The fourth-order valence-electron chi connectivity index (χ4n) is 0.987. The van der Waals surface area contributed by atoms with Gasteiger partial charge in [0.25, 0.3) is 0 Å². The molecule has 2 nitrogen and oxygen atoms in total. The smallest absolute Gasteiger partial charge is 0.120 e. The van der Waals surface area contributed by atoms with Crippen LogP contribution in [0.2, 0.25) is 0 Å². The van der Waals surface area contributed by atoms with Crippen molar-refractivity contribution in [1.82, 2.24) is 0 Å². The molecule has 0 saturated carbocycles. The first kappa shape index (κ1) is 10.5. The van der Waals surface area contributed by atoms with Crippen molar-refractivity contribution >= 4 is 15.9 Å². The van der Waals surface area contributed by atoms with Crippen LogP contribution in [0.15, 0.2) is 22.7 Å². The second-order valence-electron chi connectivity index (χ2n) is 2.56. The zero-order valence-electron chi connectivity index (χ0n) is 7.13. The van der Waals surface area contributed by atoms with Crippen LogP contribution in [0.5, 0.6) is 5.75 Å². The monoisotopic (exact) mass is 248 g/mol. The molecule has 1 aromatic carbocycles. The zero-order chi connectivity index (χ0) is 9.84. The third kappa shape index (κ3) is 2.42. The summed E-state index contributed by atoms with van der Waals surface area (Å²) < 4.78 is 17.8. The van der Waals surface area contributed by atoms with E-state index in [9.17, 15) is 9.50 Å². The standard InChI is InChI=1S/C9H10BrFO2/c1-13-6-2-3-8(10)7(4-6)9(12)5-11/h2-4,9,12H,5H2,1H3. The Morgan fingerprint density at radius 3 is 2.85 bits per heavy atom. The van der Waals surface area contributed by atoms with E-state index in [1.807, 2.05) is 0 Å². The second kappa shape index (κ2) is 4.58. The predicted octanol–water partition coefficient (Wildman–Crippen LogP) is 2.46. The highest BCUT2D eigenvalue weighted by Crippen LogP contribution is 2.27. The summed E-state index contributed by atoms with van der Waals surface area (Å²) in [5.41, 5.74) is 0.502. The van der Waals surface area contributed by atoms with E-state index in [4.69, 9.17) is 4.74 Å². The summed E-state index contributed by atoms with van der Waals surface area (Å²) in [6.07, 6.45) is -1.09. The molecule has 0 aromatic heterocycles. The average Bonchev–Trinajstić information content (AvgIpc) is 2.17. The first-order chi connectivity index (χ1) is 6.19. The maximum atomic E-state index is 12.2. The Morgan fingerprint density at radius 1 is 1.62 bits per heavy atom. The molecular formula is C9H10BrFO2. The summed E-state index contributed by atoms with van der Waals surface area (Å²) in [7, 11) is 1.52. The van der Waals surface area contributed by atoms with Crippen LogP contribution in [0.3, 0.4) is 0 Å². The minimum absolute atomic E-state index is 0.502. The van der Waals surface area contributed by atoms with Gasteiger partial charge in [0.2, 0.25) is 0 Å². The van der Waals surface area contributed by atoms with Crippen LogP contribution in [-0.4, -0.2) is 18.9 Å². The highest BCUT2D eigenvalue weighted by atomic mass is 79.9. The molecule has 0 aliphatic carbocycles. The summed E-state index contributed by atoms with van der Waals surface area (Å²) in [6.45, 7) is -0.800. The number of halogens is 2. The van der Waals surface area contributed by atoms with Gasteiger partial charge in [-0.05, 0) is 18.2 Å². The van der Waals surface area contributed by atoms with Crippen LogP contribution in [-0.2, 0) is 0 Å². The van der Waals surface area contributed by atoms with Crippen molar-refractivity contribution in [2.45, 2.75) is 6.10 Å². The van der Waals surface area contributed by atoms with Crippen molar-refractivity contribution < 1.29 is 14.2 Å². The molecule has 0 spiro atoms. The lowest BCUT2D eigenvalue weighted by molar-refractivity contribution is 0.141. The number of ether oxygens (including phenoxy) is 1. The number of rotatable bonds is 3. The van der Waals surface area contributed by atoms with E-state index in [2.05, 4.69) is 15.9 Å². The molecule has 13 heavy (non-hydrogen) atoms. The molecular weight excluding hydrogens is 239 g/mol.